The molecule has 1 aromatic rings. The molecule has 1 rings (SSSR count). The van der Waals surface area contributed by atoms with Gasteiger partial charge < -0.3 is 0 Å². The minimum absolute atomic E-state index is 0.424. The smallest absolute Gasteiger partial charge is 0.0722 e. The maximum Gasteiger partial charge on any atom is 0.0722 e. The second-order valence-electron chi connectivity index (χ2n) is 3.99. The summed E-state index contributed by atoms with van der Waals surface area (Å²) in [4.78, 5) is 0. The van der Waals surface area contributed by atoms with Crippen LogP contribution in [0.4, 0.5) is 0 Å². The fourth-order valence-electron chi connectivity index (χ4n) is 1.50. The largest absolute Gasteiger partial charge is 0.135 e. The summed E-state index contributed by atoms with van der Waals surface area (Å²) >= 11 is 0. The SMILES string of the molecule is Cc1c(C(C)C)nnnc1C(C)C. The van der Waals surface area contributed by atoms with Crippen molar-refractivity contribution in [1.29, 1.82) is 0 Å². The fraction of sp³-hybridized carbons (Fsp3) is 0.700. The Kier molecular flexibility index (Phi) is 2.96. The molecule has 1 heterocycles. The van der Waals surface area contributed by atoms with Gasteiger partial charge in [0.1, 0.15) is 0 Å². The predicted molar refractivity (Wildman–Crippen MR) is 52.7 cm³/mol. The topological polar surface area (TPSA) is 38.7 Å². The van der Waals surface area contributed by atoms with Gasteiger partial charge in [-0.25, -0.2) is 0 Å². The van der Waals surface area contributed by atoms with Crippen LogP contribution in [0.1, 0.15) is 56.5 Å². The second kappa shape index (κ2) is 3.81. The van der Waals surface area contributed by atoms with E-state index in [0.29, 0.717) is 11.8 Å². The third-order valence-corrected chi connectivity index (χ3v) is 2.17. The van der Waals surface area contributed by atoms with Crippen molar-refractivity contribution in [2.45, 2.75) is 46.5 Å². The van der Waals surface area contributed by atoms with E-state index in [1.54, 1.807) is 0 Å². The van der Waals surface area contributed by atoms with Gasteiger partial charge >= 0.3 is 0 Å². The van der Waals surface area contributed by atoms with Gasteiger partial charge in [0, 0.05) is 0 Å². The van der Waals surface area contributed by atoms with E-state index in [1.807, 2.05) is 0 Å². The lowest BCUT2D eigenvalue weighted by atomic mass is 9.99. The van der Waals surface area contributed by atoms with Crippen LogP contribution in [0.15, 0.2) is 0 Å². The van der Waals surface area contributed by atoms with E-state index in [9.17, 15) is 0 Å². The van der Waals surface area contributed by atoms with E-state index in [1.165, 1.54) is 5.56 Å². The molecule has 0 spiro atoms. The van der Waals surface area contributed by atoms with Gasteiger partial charge in [0.15, 0.2) is 0 Å². The monoisotopic (exact) mass is 179 g/mol. The van der Waals surface area contributed by atoms with Crippen LogP contribution in [0.3, 0.4) is 0 Å². The van der Waals surface area contributed by atoms with E-state index >= 15 is 0 Å². The molecule has 0 N–H and O–H groups in total. The van der Waals surface area contributed by atoms with Crippen molar-refractivity contribution in [3.8, 4) is 0 Å². The van der Waals surface area contributed by atoms with E-state index in [0.717, 1.165) is 11.4 Å². The van der Waals surface area contributed by atoms with Gasteiger partial charge in [-0.1, -0.05) is 27.7 Å². The number of rotatable bonds is 2. The van der Waals surface area contributed by atoms with Crippen LogP contribution in [-0.2, 0) is 0 Å². The summed E-state index contributed by atoms with van der Waals surface area (Å²) in [7, 11) is 0. The number of hydrogen-bond acceptors (Lipinski definition) is 3. The van der Waals surface area contributed by atoms with Crippen LogP contribution in [0.5, 0.6) is 0 Å². The molecule has 0 saturated carbocycles. The lowest BCUT2D eigenvalue weighted by Gasteiger charge is -2.12. The van der Waals surface area contributed by atoms with Crippen molar-refractivity contribution < 1.29 is 0 Å². The summed E-state index contributed by atoms with van der Waals surface area (Å²) in [5.74, 6) is 0.848. The third kappa shape index (κ3) is 2.02. The Hall–Kier alpha value is -0.990. The van der Waals surface area contributed by atoms with Crippen LogP contribution in [0, 0.1) is 6.92 Å². The zero-order valence-electron chi connectivity index (χ0n) is 9.00. The Balaban J connectivity index is 3.18. The predicted octanol–water partition coefficient (Wildman–Crippen LogP) is 2.43. The van der Waals surface area contributed by atoms with Crippen molar-refractivity contribution >= 4 is 0 Å². The Morgan fingerprint density at radius 1 is 0.846 bits per heavy atom. The van der Waals surface area contributed by atoms with E-state index < -0.39 is 0 Å². The average Bonchev–Trinajstić information content (AvgIpc) is 2.03. The highest BCUT2D eigenvalue weighted by atomic mass is 15.3. The minimum Gasteiger partial charge on any atom is -0.135 e. The lowest BCUT2D eigenvalue weighted by molar-refractivity contribution is 0.676. The molecule has 0 aliphatic rings. The summed E-state index contributed by atoms with van der Waals surface area (Å²) in [6.07, 6.45) is 0. The van der Waals surface area contributed by atoms with Crippen LogP contribution in [0.25, 0.3) is 0 Å². The molecule has 0 amide bonds. The Labute approximate surface area is 79.6 Å². The molecule has 0 saturated heterocycles. The molecule has 0 radical (unpaired) electrons. The van der Waals surface area contributed by atoms with Crippen LogP contribution in [0.2, 0.25) is 0 Å². The highest BCUT2D eigenvalue weighted by Gasteiger charge is 2.13. The quantitative estimate of drug-likeness (QED) is 0.699. The number of aromatic nitrogens is 3. The molecule has 72 valence electrons. The van der Waals surface area contributed by atoms with Gasteiger partial charge in [0.25, 0.3) is 0 Å². The van der Waals surface area contributed by atoms with Gasteiger partial charge in [-0.05, 0) is 29.5 Å². The number of nitrogens with zero attached hydrogens (tertiary/aromatic N) is 3. The van der Waals surface area contributed by atoms with Gasteiger partial charge in [-0.15, -0.1) is 10.2 Å². The van der Waals surface area contributed by atoms with Crippen LogP contribution < -0.4 is 0 Å². The summed E-state index contributed by atoms with van der Waals surface area (Å²) in [6, 6.07) is 0. The van der Waals surface area contributed by atoms with Gasteiger partial charge in [-0.3, -0.25) is 0 Å². The first kappa shape index (κ1) is 10.1. The molecule has 1 aromatic heterocycles. The Bertz CT molecular complexity index is 266. The molecule has 0 aromatic carbocycles. The van der Waals surface area contributed by atoms with Crippen molar-refractivity contribution in [3.63, 3.8) is 0 Å². The van der Waals surface area contributed by atoms with E-state index in [2.05, 4.69) is 50.0 Å². The van der Waals surface area contributed by atoms with Crippen molar-refractivity contribution in [2.24, 2.45) is 0 Å². The van der Waals surface area contributed by atoms with Gasteiger partial charge in [-0.2, -0.15) is 0 Å². The third-order valence-electron chi connectivity index (χ3n) is 2.17. The molecule has 13 heavy (non-hydrogen) atoms. The molecule has 0 atom stereocenters. The molecule has 0 fully saturated rings. The minimum atomic E-state index is 0.424. The van der Waals surface area contributed by atoms with Crippen molar-refractivity contribution in [1.82, 2.24) is 15.4 Å². The maximum absolute atomic E-state index is 4.06. The second-order valence-corrected chi connectivity index (χ2v) is 3.99. The fourth-order valence-corrected chi connectivity index (χ4v) is 1.50. The first-order chi connectivity index (χ1) is 6.04. The van der Waals surface area contributed by atoms with Gasteiger partial charge in [0.2, 0.25) is 0 Å². The molecular formula is C10H17N3. The summed E-state index contributed by atoms with van der Waals surface area (Å²) in [5.41, 5.74) is 3.33. The molecule has 0 unspecified atom stereocenters. The van der Waals surface area contributed by atoms with Crippen LogP contribution in [-0.4, -0.2) is 15.4 Å². The first-order valence-corrected chi connectivity index (χ1v) is 4.73. The standard InChI is InChI=1S/C10H17N3/c1-6(2)9-8(5)10(7(3)4)12-13-11-9/h6-7H,1-5H3. The summed E-state index contributed by atoms with van der Waals surface area (Å²) in [6.45, 7) is 10.6. The van der Waals surface area contributed by atoms with Crippen molar-refractivity contribution in [3.05, 3.63) is 17.0 Å². The molecule has 0 aliphatic heterocycles. The summed E-state index contributed by atoms with van der Waals surface area (Å²) in [5, 5.41) is 11.9. The molecular weight excluding hydrogens is 162 g/mol. The Morgan fingerprint density at radius 2 is 1.23 bits per heavy atom. The molecule has 3 heteroatoms. The zero-order chi connectivity index (χ0) is 10.0. The zero-order valence-corrected chi connectivity index (χ0v) is 9.00. The lowest BCUT2D eigenvalue weighted by Crippen LogP contribution is -2.07. The van der Waals surface area contributed by atoms with Gasteiger partial charge in [0.05, 0.1) is 11.4 Å². The summed E-state index contributed by atoms with van der Waals surface area (Å²) < 4.78 is 0. The highest BCUT2D eigenvalue weighted by Crippen LogP contribution is 2.21. The van der Waals surface area contributed by atoms with Crippen LogP contribution >= 0.6 is 0 Å². The molecule has 0 aliphatic carbocycles. The first-order valence-electron chi connectivity index (χ1n) is 4.73. The maximum atomic E-state index is 4.06. The number of hydrogen-bond donors (Lipinski definition) is 0. The molecule has 3 nitrogen and oxygen atoms in total. The van der Waals surface area contributed by atoms with E-state index in [-0.39, 0.29) is 0 Å². The molecule has 0 bridgehead atoms. The van der Waals surface area contributed by atoms with Crippen molar-refractivity contribution in [2.75, 3.05) is 0 Å². The Morgan fingerprint density at radius 3 is 1.54 bits per heavy atom. The van der Waals surface area contributed by atoms with E-state index in [4.69, 9.17) is 0 Å². The highest BCUT2D eigenvalue weighted by molar-refractivity contribution is 5.25. The average molecular weight is 179 g/mol. The normalized spacial score (nSPS) is 11.3.